The highest BCUT2D eigenvalue weighted by Crippen LogP contribution is 2.26. The van der Waals surface area contributed by atoms with Crippen LogP contribution < -0.4 is 10.1 Å². The average Bonchev–Trinajstić information content (AvgIpc) is 2.61. The minimum absolute atomic E-state index is 0.0440. The summed E-state index contributed by atoms with van der Waals surface area (Å²) >= 11 is 0. The molecule has 2 aromatic rings. The summed E-state index contributed by atoms with van der Waals surface area (Å²) in [6.07, 6.45) is 1.80. The standard InChI is InChI=1S/C18H17NO4S/c1-2-24(21,22)16-9-7-15(8-10-16)19-18(20)14-11-13-5-3-4-6-17(13)23-12-14/h3-11H,2,12H2,1H3,(H,19,20). The summed E-state index contributed by atoms with van der Waals surface area (Å²) in [5.41, 5.74) is 1.91. The fraction of sp³-hybridized carbons (Fsp3) is 0.167. The summed E-state index contributed by atoms with van der Waals surface area (Å²) in [5, 5.41) is 2.76. The fourth-order valence-electron chi connectivity index (χ4n) is 2.37. The van der Waals surface area contributed by atoms with Gasteiger partial charge >= 0.3 is 0 Å². The van der Waals surface area contributed by atoms with Gasteiger partial charge in [0.15, 0.2) is 9.84 Å². The first-order valence-electron chi connectivity index (χ1n) is 7.56. The highest BCUT2D eigenvalue weighted by atomic mass is 32.2. The van der Waals surface area contributed by atoms with Crippen molar-refractivity contribution in [1.29, 1.82) is 0 Å². The van der Waals surface area contributed by atoms with E-state index in [9.17, 15) is 13.2 Å². The molecule has 6 heteroatoms. The van der Waals surface area contributed by atoms with Crippen molar-refractivity contribution in [2.75, 3.05) is 17.7 Å². The van der Waals surface area contributed by atoms with E-state index in [-0.39, 0.29) is 23.2 Å². The van der Waals surface area contributed by atoms with Gasteiger partial charge in [0.2, 0.25) is 0 Å². The summed E-state index contributed by atoms with van der Waals surface area (Å²) in [5.74, 6) is 0.529. The van der Waals surface area contributed by atoms with Gasteiger partial charge in [-0.1, -0.05) is 25.1 Å². The Morgan fingerprint density at radius 3 is 2.54 bits per heavy atom. The predicted molar refractivity (Wildman–Crippen MR) is 92.7 cm³/mol. The van der Waals surface area contributed by atoms with Crippen molar-refractivity contribution in [3.8, 4) is 5.75 Å². The maximum atomic E-state index is 12.3. The summed E-state index contributed by atoms with van der Waals surface area (Å²) < 4.78 is 29.1. The molecule has 3 rings (SSSR count). The monoisotopic (exact) mass is 343 g/mol. The van der Waals surface area contributed by atoms with Crippen molar-refractivity contribution < 1.29 is 17.9 Å². The Bertz CT molecular complexity index is 899. The Balaban J connectivity index is 1.75. The third kappa shape index (κ3) is 3.33. The molecule has 0 spiro atoms. The van der Waals surface area contributed by atoms with Crippen LogP contribution in [0.15, 0.2) is 59.0 Å². The zero-order valence-electron chi connectivity index (χ0n) is 13.2. The summed E-state index contributed by atoms with van der Waals surface area (Å²) in [6, 6.07) is 13.7. The van der Waals surface area contributed by atoms with Gasteiger partial charge in [-0.05, 0) is 36.4 Å². The maximum absolute atomic E-state index is 12.3. The zero-order chi connectivity index (χ0) is 17.2. The normalized spacial score (nSPS) is 13.5. The van der Waals surface area contributed by atoms with E-state index in [1.165, 1.54) is 12.1 Å². The molecule has 1 heterocycles. The van der Waals surface area contributed by atoms with Gasteiger partial charge in [0.25, 0.3) is 5.91 Å². The Morgan fingerprint density at radius 2 is 1.83 bits per heavy atom. The van der Waals surface area contributed by atoms with E-state index < -0.39 is 9.84 Å². The Kier molecular flexibility index (Phi) is 4.40. The summed E-state index contributed by atoms with van der Waals surface area (Å²) in [7, 11) is -3.24. The molecule has 1 N–H and O–H groups in total. The number of anilines is 1. The van der Waals surface area contributed by atoms with E-state index >= 15 is 0 Å². The van der Waals surface area contributed by atoms with Gasteiger partial charge in [0.1, 0.15) is 12.4 Å². The quantitative estimate of drug-likeness (QED) is 0.926. The predicted octanol–water partition coefficient (Wildman–Crippen LogP) is 2.89. The second-order valence-electron chi connectivity index (χ2n) is 5.38. The van der Waals surface area contributed by atoms with Gasteiger partial charge < -0.3 is 10.1 Å². The molecule has 1 amide bonds. The smallest absolute Gasteiger partial charge is 0.255 e. The highest BCUT2D eigenvalue weighted by Gasteiger charge is 2.17. The van der Waals surface area contributed by atoms with Crippen LogP contribution in [-0.4, -0.2) is 26.7 Å². The van der Waals surface area contributed by atoms with Crippen LogP contribution in [0.25, 0.3) is 6.08 Å². The second kappa shape index (κ2) is 6.49. The van der Waals surface area contributed by atoms with E-state index in [0.29, 0.717) is 11.3 Å². The lowest BCUT2D eigenvalue weighted by Crippen LogP contribution is -2.21. The minimum atomic E-state index is -3.24. The second-order valence-corrected chi connectivity index (χ2v) is 7.66. The number of rotatable bonds is 4. The maximum Gasteiger partial charge on any atom is 0.255 e. The van der Waals surface area contributed by atoms with Gasteiger partial charge in [0.05, 0.1) is 16.2 Å². The van der Waals surface area contributed by atoms with Crippen LogP contribution in [0.5, 0.6) is 5.75 Å². The molecule has 2 aromatic carbocycles. The number of para-hydroxylation sites is 1. The van der Waals surface area contributed by atoms with Crippen LogP contribution in [0.3, 0.4) is 0 Å². The first-order valence-corrected chi connectivity index (χ1v) is 9.21. The molecule has 0 fully saturated rings. The van der Waals surface area contributed by atoms with Crippen LogP contribution >= 0.6 is 0 Å². The molecule has 0 unspecified atom stereocenters. The molecule has 1 aliphatic heterocycles. The van der Waals surface area contributed by atoms with E-state index in [0.717, 1.165) is 11.3 Å². The van der Waals surface area contributed by atoms with E-state index in [1.807, 2.05) is 24.3 Å². The molecule has 0 saturated carbocycles. The SMILES string of the molecule is CCS(=O)(=O)c1ccc(NC(=O)C2=Cc3ccccc3OC2)cc1. The number of fused-ring (bicyclic) bond motifs is 1. The van der Waals surface area contributed by atoms with E-state index in [2.05, 4.69) is 5.32 Å². The van der Waals surface area contributed by atoms with Crippen molar-refractivity contribution in [3.63, 3.8) is 0 Å². The zero-order valence-corrected chi connectivity index (χ0v) is 14.0. The van der Waals surface area contributed by atoms with Crippen LogP contribution in [-0.2, 0) is 14.6 Å². The molecule has 0 atom stereocenters. The van der Waals surface area contributed by atoms with Crippen molar-refractivity contribution in [2.24, 2.45) is 0 Å². The molecule has 0 saturated heterocycles. The van der Waals surface area contributed by atoms with Crippen molar-refractivity contribution in [2.45, 2.75) is 11.8 Å². The van der Waals surface area contributed by atoms with Gasteiger partial charge in [-0.3, -0.25) is 4.79 Å². The fourth-order valence-corrected chi connectivity index (χ4v) is 3.25. The van der Waals surface area contributed by atoms with Crippen LogP contribution in [0.1, 0.15) is 12.5 Å². The average molecular weight is 343 g/mol. The largest absolute Gasteiger partial charge is 0.488 e. The number of hydrogen-bond acceptors (Lipinski definition) is 4. The molecule has 24 heavy (non-hydrogen) atoms. The number of sulfone groups is 1. The highest BCUT2D eigenvalue weighted by molar-refractivity contribution is 7.91. The van der Waals surface area contributed by atoms with Gasteiger partial charge in [-0.25, -0.2) is 8.42 Å². The minimum Gasteiger partial charge on any atom is -0.488 e. The van der Waals surface area contributed by atoms with E-state index in [4.69, 9.17) is 4.74 Å². The first-order chi connectivity index (χ1) is 11.5. The van der Waals surface area contributed by atoms with Crippen LogP contribution in [0, 0.1) is 0 Å². The number of carbonyl (C=O) groups is 1. The van der Waals surface area contributed by atoms with Crippen molar-refractivity contribution in [1.82, 2.24) is 0 Å². The summed E-state index contributed by atoms with van der Waals surface area (Å²) in [4.78, 5) is 12.6. The van der Waals surface area contributed by atoms with Gasteiger partial charge in [0, 0.05) is 11.3 Å². The third-order valence-electron chi connectivity index (χ3n) is 3.77. The molecule has 0 radical (unpaired) electrons. The van der Waals surface area contributed by atoms with Crippen molar-refractivity contribution >= 4 is 27.5 Å². The van der Waals surface area contributed by atoms with Crippen molar-refractivity contribution in [3.05, 3.63) is 59.7 Å². The van der Waals surface area contributed by atoms with Crippen LogP contribution in [0.4, 0.5) is 5.69 Å². The number of benzene rings is 2. The Hall–Kier alpha value is -2.60. The summed E-state index contributed by atoms with van der Waals surface area (Å²) in [6.45, 7) is 1.80. The number of ether oxygens (including phenoxy) is 1. The lowest BCUT2D eigenvalue weighted by Gasteiger charge is -2.17. The molecule has 124 valence electrons. The van der Waals surface area contributed by atoms with Gasteiger partial charge in [-0.15, -0.1) is 0 Å². The molecule has 0 aliphatic carbocycles. The topological polar surface area (TPSA) is 72.5 Å². The number of nitrogens with one attached hydrogen (secondary N) is 1. The molecule has 0 bridgehead atoms. The molecule has 1 aliphatic rings. The molecular formula is C18H17NO4S. The Morgan fingerprint density at radius 1 is 1.12 bits per heavy atom. The van der Waals surface area contributed by atoms with Crippen LogP contribution in [0.2, 0.25) is 0 Å². The van der Waals surface area contributed by atoms with Gasteiger partial charge in [-0.2, -0.15) is 0 Å². The third-order valence-corrected chi connectivity index (χ3v) is 5.53. The first kappa shape index (κ1) is 16.3. The lowest BCUT2D eigenvalue weighted by atomic mass is 10.1. The lowest BCUT2D eigenvalue weighted by molar-refractivity contribution is -0.113. The molecule has 5 nitrogen and oxygen atoms in total. The number of carbonyl (C=O) groups excluding carboxylic acids is 1. The molecule has 0 aromatic heterocycles. The Labute approximate surface area is 140 Å². The molecular weight excluding hydrogens is 326 g/mol. The van der Waals surface area contributed by atoms with E-state index in [1.54, 1.807) is 25.1 Å². The number of hydrogen-bond donors (Lipinski definition) is 1. The number of amides is 1.